The van der Waals surface area contributed by atoms with Crippen LogP contribution < -0.4 is 0 Å². The monoisotopic (exact) mass is 275 g/mol. The van der Waals surface area contributed by atoms with Gasteiger partial charge in [0, 0.05) is 16.1 Å². The minimum absolute atomic E-state index is 0.0604. The van der Waals surface area contributed by atoms with Gasteiger partial charge in [0.25, 0.3) is 9.05 Å². The van der Waals surface area contributed by atoms with Crippen molar-refractivity contribution in [3.8, 4) is 0 Å². The van der Waals surface area contributed by atoms with Crippen molar-refractivity contribution >= 4 is 42.2 Å². The maximum Gasteiger partial charge on any atom is 0.261 e. The Morgan fingerprint density at radius 1 is 1.25 bits per heavy atom. The predicted octanol–water partition coefficient (Wildman–Crippen LogP) is 3.12. The largest absolute Gasteiger partial charge is 0.261 e. The van der Waals surface area contributed by atoms with Gasteiger partial charge < -0.3 is 0 Å². The zero-order valence-electron chi connectivity index (χ0n) is 8.24. The van der Waals surface area contributed by atoms with E-state index in [1.807, 2.05) is 0 Å². The standard InChI is InChI=1S/C10H7Cl2NO2S/c1-6-4-7-5-8(16(12,14)15)2-3-9(7)13-10(6)11/h2-5H,1H3. The van der Waals surface area contributed by atoms with Gasteiger partial charge >= 0.3 is 0 Å². The van der Waals surface area contributed by atoms with Crippen molar-refractivity contribution in [2.75, 3.05) is 0 Å². The highest BCUT2D eigenvalue weighted by Gasteiger charge is 2.11. The fourth-order valence-corrected chi connectivity index (χ4v) is 2.32. The number of pyridine rings is 1. The lowest BCUT2D eigenvalue weighted by molar-refractivity contribution is 0.609. The second kappa shape index (κ2) is 3.87. The molecule has 0 N–H and O–H groups in total. The summed E-state index contributed by atoms with van der Waals surface area (Å²) >= 11 is 5.86. The molecule has 3 nitrogen and oxygen atoms in total. The average molecular weight is 276 g/mol. The van der Waals surface area contributed by atoms with Crippen molar-refractivity contribution in [2.45, 2.75) is 11.8 Å². The maximum atomic E-state index is 11.1. The van der Waals surface area contributed by atoms with Gasteiger partial charge in [-0.15, -0.1) is 0 Å². The number of nitrogens with zero attached hydrogens (tertiary/aromatic N) is 1. The third-order valence-electron chi connectivity index (χ3n) is 2.20. The minimum atomic E-state index is -3.71. The van der Waals surface area contributed by atoms with E-state index in [-0.39, 0.29) is 4.90 Å². The molecule has 0 saturated carbocycles. The van der Waals surface area contributed by atoms with Crippen LogP contribution in [0.5, 0.6) is 0 Å². The van der Waals surface area contributed by atoms with Crippen molar-refractivity contribution in [2.24, 2.45) is 0 Å². The molecule has 0 saturated heterocycles. The van der Waals surface area contributed by atoms with Crippen LogP contribution >= 0.6 is 22.3 Å². The Hall–Kier alpha value is -0.840. The first-order valence-corrected chi connectivity index (χ1v) is 7.08. The van der Waals surface area contributed by atoms with Gasteiger partial charge in [-0.25, -0.2) is 13.4 Å². The van der Waals surface area contributed by atoms with Crippen LogP contribution in [0.2, 0.25) is 5.15 Å². The number of fused-ring (bicyclic) bond motifs is 1. The number of hydrogen-bond acceptors (Lipinski definition) is 3. The Balaban J connectivity index is 2.77. The highest BCUT2D eigenvalue weighted by molar-refractivity contribution is 8.13. The Kier molecular flexibility index (Phi) is 2.82. The molecule has 0 spiro atoms. The maximum absolute atomic E-state index is 11.1. The van der Waals surface area contributed by atoms with Gasteiger partial charge in [-0.1, -0.05) is 11.6 Å². The third kappa shape index (κ3) is 2.14. The molecule has 2 aromatic rings. The average Bonchev–Trinajstić information content (AvgIpc) is 2.17. The molecule has 0 fully saturated rings. The molecule has 1 heterocycles. The number of benzene rings is 1. The first-order valence-electron chi connectivity index (χ1n) is 4.39. The zero-order chi connectivity index (χ0) is 11.9. The number of hydrogen-bond donors (Lipinski definition) is 0. The molecule has 0 unspecified atom stereocenters. The van der Waals surface area contributed by atoms with Crippen molar-refractivity contribution < 1.29 is 8.42 Å². The first kappa shape index (κ1) is 11.6. The molecule has 0 amide bonds. The molecule has 1 aromatic heterocycles. The molecule has 16 heavy (non-hydrogen) atoms. The molecule has 0 aliphatic rings. The molecule has 0 radical (unpaired) electrons. The molecule has 0 atom stereocenters. The van der Waals surface area contributed by atoms with E-state index >= 15 is 0 Å². The summed E-state index contributed by atoms with van der Waals surface area (Å²) < 4.78 is 22.3. The number of aromatic nitrogens is 1. The van der Waals surface area contributed by atoms with Gasteiger partial charge in [0.15, 0.2) is 0 Å². The third-order valence-corrected chi connectivity index (χ3v) is 3.93. The van der Waals surface area contributed by atoms with Crippen molar-refractivity contribution in [3.05, 3.63) is 35.0 Å². The van der Waals surface area contributed by atoms with Gasteiger partial charge in [0.2, 0.25) is 0 Å². The number of rotatable bonds is 1. The summed E-state index contributed by atoms with van der Waals surface area (Å²) in [4.78, 5) is 4.19. The van der Waals surface area contributed by atoms with Crippen LogP contribution in [0.15, 0.2) is 29.2 Å². The summed E-state index contributed by atoms with van der Waals surface area (Å²) in [5, 5.41) is 1.11. The Labute approximate surface area is 102 Å². The lowest BCUT2D eigenvalue weighted by Gasteiger charge is -2.03. The summed E-state index contributed by atoms with van der Waals surface area (Å²) in [5.74, 6) is 0. The number of halogens is 2. The van der Waals surface area contributed by atoms with Crippen LogP contribution in [0.1, 0.15) is 5.56 Å². The lowest BCUT2D eigenvalue weighted by Crippen LogP contribution is -1.91. The van der Waals surface area contributed by atoms with Gasteiger partial charge in [-0.05, 0) is 36.8 Å². The Morgan fingerprint density at radius 3 is 2.56 bits per heavy atom. The summed E-state index contributed by atoms with van der Waals surface area (Å²) in [6.07, 6.45) is 0. The quantitative estimate of drug-likeness (QED) is 0.594. The zero-order valence-corrected chi connectivity index (χ0v) is 10.6. The molecule has 0 bridgehead atoms. The topological polar surface area (TPSA) is 47.0 Å². The summed E-state index contributed by atoms with van der Waals surface area (Å²) in [5.41, 5.74) is 1.43. The van der Waals surface area contributed by atoms with Crippen LogP contribution in [0.4, 0.5) is 0 Å². The fraction of sp³-hybridized carbons (Fsp3) is 0.100. The fourth-order valence-electron chi connectivity index (χ4n) is 1.39. The molecule has 2 rings (SSSR count). The smallest absolute Gasteiger partial charge is 0.236 e. The molecule has 0 aliphatic carbocycles. The van der Waals surface area contributed by atoms with E-state index in [4.69, 9.17) is 22.3 Å². The highest BCUT2D eigenvalue weighted by atomic mass is 35.7. The SMILES string of the molecule is Cc1cc2cc(S(=O)(=O)Cl)ccc2nc1Cl. The second-order valence-electron chi connectivity index (χ2n) is 3.39. The molecular weight excluding hydrogens is 269 g/mol. The number of aryl methyl sites for hydroxylation is 1. The highest BCUT2D eigenvalue weighted by Crippen LogP contribution is 2.24. The lowest BCUT2D eigenvalue weighted by atomic mass is 10.2. The van der Waals surface area contributed by atoms with Gasteiger partial charge in [-0.2, -0.15) is 0 Å². The van der Waals surface area contributed by atoms with Crippen molar-refractivity contribution in [3.63, 3.8) is 0 Å². The summed E-state index contributed by atoms with van der Waals surface area (Å²) in [6, 6.07) is 6.24. The van der Waals surface area contributed by atoms with Crippen LogP contribution in [-0.4, -0.2) is 13.4 Å². The van der Waals surface area contributed by atoms with Gasteiger partial charge in [-0.3, -0.25) is 0 Å². The van der Waals surface area contributed by atoms with E-state index in [2.05, 4.69) is 4.98 Å². The van der Waals surface area contributed by atoms with Crippen LogP contribution in [-0.2, 0) is 9.05 Å². The van der Waals surface area contributed by atoms with Gasteiger partial charge in [0.1, 0.15) is 5.15 Å². The van der Waals surface area contributed by atoms with Crippen molar-refractivity contribution in [1.82, 2.24) is 4.98 Å². The minimum Gasteiger partial charge on any atom is -0.236 e. The van der Waals surface area contributed by atoms with Crippen molar-refractivity contribution in [1.29, 1.82) is 0 Å². The van der Waals surface area contributed by atoms with E-state index in [1.165, 1.54) is 12.1 Å². The van der Waals surface area contributed by atoms with E-state index in [1.54, 1.807) is 19.1 Å². The molecular formula is C10H7Cl2NO2S. The molecule has 6 heteroatoms. The van der Waals surface area contributed by atoms with Crippen LogP contribution in [0, 0.1) is 6.92 Å². The normalized spacial score (nSPS) is 11.9. The molecule has 1 aromatic carbocycles. The van der Waals surface area contributed by atoms with E-state index in [9.17, 15) is 8.42 Å². The van der Waals surface area contributed by atoms with Crippen LogP contribution in [0.25, 0.3) is 10.9 Å². The summed E-state index contributed by atoms with van der Waals surface area (Å²) in [6.45, 7) is 1.80. The Bertz CT molecular complexity index is 668. The van der Waals surface area contributed by atoms with Crippen LogP contribution in [0.3, 0.4) is 0 Å². The Morgan fingerprint density at radius 2 is 1.94 bits per heavy atom. The van der Waals surface area contributed by atoms with E-state index in [0.717, 1.165) is 5.56 Å². The van der Waals surface area contributed by atoms with E-state index in [0.29, 0.717) is 16.1 Å². The van der Waals surface area contributed by atoms with Gasteiger partial charge in [0.05, 0.1) is 10.4 Å². The first-order chi connectivity index (χ1) is 7.38. The molecule has 84 valence electrons. The predicted molar refractivity (Wildman–Crippen MR) is 64.5 cm³/mol. The van der Waals surface area contributed by atoms with E-state index < -0.39 is 9.05 Å². The second-order valence-corrected chi connectivity index (χ2v) is 6.31. The summed E-state index contributed by atoms with van der Waals surface area (Å²) in [7, 11) is 1.55. The molecule has 0 aliphatic heterocycles.